The lowest BCUT2D eigenvalue weighted by atomic mass is 10.1. The van der Waals surface area contributed by atoms with Gasteiger partial charge in [-0.3, -0.25) is 9.59 Å². The summed E-state index contributed by atoms with van der Waals surface area (Å²) in [6, 6.07) is 4.93. The third-order valence-electron chi connectivity index (χ3n) is 1.87. The third kappa shape index (κ3) is 2.68. The topological polar surface area (TPSA) is 43.4 Å². The van der Waals surface area contributed by atoms with Crippen LogP contribution in [-0.4, -0.2) is 19.2 Å². The number of methoxy groups -OCH3 is 1. The minimum Gasteiger partial charge on any atom is -0.495 e. The molecule has 0 N–H and O–H groups in total. The van der Waals surface area contributed by atoms with E-state index in [1.807, 2.05) is 0 Å². The largest absolute Gasteiger partial charge is 0.495 e. The van der Waals surface area contributed by atoms with Crippen LogP contribution in [0.4, 0.5) is 0 Å². The molecule has 76 valence electrons. The molecule has 0 radical (unpaired) electrons. The maximum atomic E-state index is 11.1. The van der Waals surface area contributed by atoms with Crippen molar-refractivity contribution in [1.82, 2.24) is 0 Å². The van der Waals surface area contributed by atoms with E-state index in [1.54, 1.807) is 18.2 Å². The summed E-state index contributed by atoms with van der Waals surface area (Å²) in [6.07, 6.45) is 0.500. The molecule has 3 heteroatoms. The van der Waals surface area contributed by atoms with Gasteiger partial charge in [0.1, 0.15) is 5.75 Å². The van der Waals surface area contributed by atoms with Gasteiger partial charge in [-0.15, -0.1) is 0 Å². The summed E-state index contributed by atoms with van der Waals surface area (Å²) >= 11 is 0. The summed E-state index contributed by atoms with van der Waals surface area (Å²) in [6.45, 7) is 1.47. The van der Waals surface area contributed by atoms with Gasteiger partial charge in [0.05, 0.1) is 12.7 Å². The van der Waals surface area contributed by atoms with Gasteiger partial charge in [-0.25, -0.2) is 0 Å². The van der Waals surface area contributed by atoms with Gasteiger partial charge in [0, 0.05) is 5.56 Å². The van der Waals surface area contributed by atoms with Crippen molar-refractivity contribution >= 4 is 12.1 Å². The highest BCUT2D eigenvalue weighted by Crippen LogP contribution is 2.18. The molecule has 0 aromatic heterocycles. The number of ketones is 1. The van der Waals surface area contributed by atoms with Crippen molar-refractivity contribution in [2.75, 3.05) is 7.11 Å². The second-order valence-electron chi connectivity index (χ2n) is 2.86. The number of carbonyl (C=O) groups is 2. The maximum Gasteiger partial charge on any atom is 0.193 e. The van der Waals surface area contributed by atoms with E-state index in [-0.39, 0.29) is 5.78 Å². The number of ether oxygens (including phenoxy) is 1. The number of rotatable bonds is 2. The van der Waals surface area contributed by atoms with Crippen molar-refractivity contribution in [1.29, 1.82) is 0 Å². The van der Waals surface area contributed by atoms with Crippen molar-refractivity contribution in [2.24, 2.45) is 0 Å². The van der Waals surface area contributed by atoms with Crippen LogP contribution in [0.3, 0.4) is 0 Å². The second-order valence-corrected chi connectivity index (χ2v) is 2.86. The quantitative estimate of drug-likeness (QED) is 0.414. The Labute approximate surface area is 88.1 Å². The zero-order valence-electron chi connectivity index (χ0n) is 8.53. The lowest BCUT2D eigenvalue weighted by molar-refractivity contribution is -0.103. The van der Waals surface area contributed by atoms with Crippen LogP contribution >= 0.6 is 0 Å². The molecule has 3 nitrogen and oxygen atoms in total. The molecule has 1 aromatic rings. The Hall–Kier alpha value is -2.08. The van der Waals surface area contributed by atoms with Crippen LogP contribution in [0.25, 0.3) is 0 Å². The van der Waals surface area contributed by atoms with Crippen molar-refractivity contribution in [2.45, 2.75) is 6.92 Å². The van der Waals surface area contributed by atoms with E-state index in [4.69, 9.17) is 4.74 Å². The van der Waals surface area contributed by atoms with Gasteiger partial charge in [0.15, 0.2) is 12.1 Å². The molecule has 0 aliphatic rings. The van der Waals surface area contributed by atoms with Crippen LogP contribution in [-0.2, 0) is 4.79 Å². The van der Waals surface area contributed by atoms with Crippen molar-refractivity contribution in [3.8, 4) is 17.6 Å². The van der Waals surface area contributed by atoms with Crippen LogP contribution in [0, 0.1) is 11.8 Å². The summed E-state index contributed by atoms with van der Waals surface area (Å²) in [5.41, 5.74) is 1.09. The molecule has 1 aromatic carbocycles. The summed E-state index contributed by atoms with van der Waals surface area (Å²) in [4.78, 5) is 21.2. The van der Waals surface area contributed by atoms with Crippen LogP contribution < -0.4 is 4.74 Å². The van der Waals surface area contributed by atoms with Crippen LogP contribution in [0.5, 0.6) is 5.75 Å². The van der Waals surface area contributed by atoms with Crippen molar-refractivity contribution in [3.63, 3.8) is 0 Å². The SMILES string of the molecule is COc1ccc(C(C)=O)cc1C#CC=O. The van der Waals surface area contributed by atoms with Gasteiger partial charge in [0.25, 0.3) is 0 Å². The molecule has 0 atom stereocenters. The highest BCUT2D eigenvalue weighted by molar-refractivity contribution is 5.94. The average Bonchev–Trinajstić information content (AvgIpc) is 2.25. The van der Waals surface area contributed by atoms with Crippen LogP contribution in [0.2, 0.25) is 0 Å². The molecular weight excluding hydrogens is 192 g/mol. The Balaban J connectivity index is 3.24. The summed E-state index contributed by atoms with van der Waals surface area (Å²) < 4.78 is 5.05. The van der Waals surface area contributed by atoms with Gasteiger partial charge in [0.2, 0.25) is 0 Å². The van der Waals surface area contributed by atoms with E-state index in [2.05, 4.69) is 11.8 Å². The lowest BCUT2D eigenvalue weighted by Crippen LogP contribution is -1.95. The van der Waals surface area contributed by atoms with E-state index in [9.17, 15) is 9.59 Å². The third-order valence-corrected chi connectivity index (χ3v) is 1.87. The fourth-order valence-electron chi connectivity index (χ4n) is 1.13. The first kappa shape index (κ1) is 11.0. The van der Waals surface area contributed by atoms with Gasteiger partial charge in [-0.1, -0.05) is 5.92 Å². The zero-order chi connectivity index (χ0) is 11.3. The van der Waals surface area contributed by atoms with Crippen molar-refractivity contribution in [3.05, 3.63) is 29.3 Å². The predicted molar refractivity (Wildman–Crippen MR) is 55.9 cm³/mol. The summed E-state index contributed by atoms with van der Waals surface area (Å²) in [7, 11) is 1.51. The molecule has 0 unspecified atom stereocenters. The number of Topliss-reactive ketones (excluding diaryl/α,β-unsaturated/α-hetero) is 1. The molecule has 0 heterocycles. The van der Waals surface area contributed by atoms with Crippen LogP contribution in [0.1, 0.15) is 22.8 Å². The van der Waals surface area contributed by atoms with Gasteiger partial charge < -0.3 is 4.74 Å². The fourth-order valence-corrected chi connectivity index (χ4v) is 1.13. The van der Waals surface area contributed by atoms with E-state index < -0.39 is 0 Å². The first-order chi connectivity index (χ1) is 7.19. The smallest absolute Gasteiger partial charge is 0.193 e. The molecule has 0 spiro atoms. The van der Waals surface area contributed by atoms with E-state index in [0.29, 0.717) is 23.2 Å². The normalized spacial score (nSPS) is 8.67. The predicted octanol–water partition coefficient (Wildman–Crippen LogP) is 1.45. The Morgan fingerprint density at radius 3 is 2.73 bits per heavy atom. The van der Waals surface area contributed by atoms with E-state index in [1.165, 1.54) is 14.0 Å². The number of aldehydes is 1. The number of benzene rings is 1. The monoisotopic (exact) mass is 202 g/mol. The minimum absolute atomic E-state index is 0.0493. The Morgan fingerprint density at radius 1 is 1.47 bits per heavy atom. The molecule has 0 saturated carbocycles. The first-order valence-electron chi connectivity index (χ1n) is 4.33. The number of carbonyl (C=O) groups excluding carboxylic acids is 2. The second kappa shape index (κ2) is 4.97. The summed E-state index contributed by atoms with van der Waals surface area (Å²) in [5, 5.41) is 0. The molecule has 0 bridgehead atoms. The molecule has 0 aliphatic carbocycles. The Bertz CT molecular complexity index is 450. The molecule has 0 aliphatic heterocycles. The fraction of sp³-hybridized carbons (Fsp3) is 0.167. The molecule has 15 heavy (non-hydrogen) atoms. The maximum absolute atomic E-state index is 11.1. The number of hydrogen-bond acceptors (Lipinski definition) is 3. The van der Waals surface area contributed by atoms with Gasteiger partial charge in [-0.2, -0.15) is 0 Å². The number of hydrogen-bond donors (Lipinski definition) is 0. The molecule has 1 rings (SSSR count). The lowest BCUT2D eigenvalue weighted by Gasteiger charge is -2.04. The van der Waals surface area contributed by atoms with Crippen molar-refractivity contribution < 1.29 is 14.3 Å². The summed E-state index contributed by atoms with van der Waals surface area (Å²) in [5.74, 6) is 5.40. The standard InChI is InChI=1S/C12H10O3/c1-9(14)10-5-6-12(15-2)11(8-10)4-3-7-13/h5-8H,1-2H3. The van der Waals surface area contributed by atoms with Gasteiger partial charge >= 0.3 is 0 Å². The molecule has 0 amide bonds. The highest BCUT2D eigenvalue weighted by Gasteiger charge is 2.04. The zero-order valence-corrected chi connectivity index (χ0v) is 8.53. The highest BCUT2D eigenvalue weighted by atomic mass is 16.5. The Morgan fingerprint density at radius 2 is 2.20 bits per heavy atom. The molecule has 0 fully saturated rings. The van der Waals surface area contributed by atoms with E-state index >= 15 is 0 Å². The Kier molecular flexibility index (Phi) is 3.64. The minimum atomic E-state index is -0.0493. The van der Waals surface area contributed by atoms with Gasteiger partial charge in [-0.05, 0) is 31.0 Å². The molecular formula is C12H10O3. The van der Waals surface area contributed by atoms with E-state index in [0.717, 1.165) is 0 Å². The molecule has 0 saturated heterocycles. The average molecular weight is 202 g/mol. The van der Waals surface area contributed by atoms with Crippen LogP contribution in [0.15, 0.2) is 18.2 Å². The first-order valence-corrected chi connectivity index (χ1v) is 4.33.